The van der Waals surface area contributed by atoms with Crippen molar-refractivity contribution in [2.75, 3.05) is 13.7 Å². The van der Waals surface area contributed by atoms with Crippen LogP contribution in [-0.2, 0) is 4.74 Å². The molecule has 0 spiro atoms. The largest absolute Gasteiger partial charge is 0.394 e. The summed E-state index contributed by atoms with van der Waals surface area (Å²) in [6.07, 6.45) is 2.96. The van der Waals surface area contributed by atoms with Gasteiger partial charge in [-0.05, 0) is 19.3 Å². The second-order valence-electron chi connectivity index (χ2n) is 2.99. The Morgan fingerprint density at radius 1 is 1.64 bits per heavy atom. The normalized spacial score (nSPS) is 32.7. The van der Waals surface area contributed by atoms with E-state index < -0.39 is 0 Å². The van der Waals surface area contributed by atoms with Gasteiger partial charge in [0.2, 0.25) is 0 Å². The van der Waals surface area contributed by atoms with Crippen LogP contribution in [0.3, 0.4) is 0 Å². The van der Waals surface area contributed by atoms with Crippen molar-refractivity contribution in [2.24, 2.45) is 5.84 Å². The van der Waals surface area contributed by atoms with Gasteiger partial charge in [-0.1, -0.05) is 0 Å². The number of hydrazine groups is 1. The van der Waals surface area contributed by atoms with Crippen LogP contribution >= 0.6 is 0 Å². The van der Waals surface area contributed by atoms with E-state index in [4.69, 9.17) is 15.7 Å². The highest BCUT2D eigenvalue weighted by Gasteiger charge is 2.22. The van der Waals surface area contributed by atoms with E-state index in [9.17, 15) is 0 Å². The molecule has 1 fully saturated rings. The molecule has 0 aromatic heterocycles. The minimum Gasteiger partial charge on any atom is -0.394 e. The van der Waals surface area contributed by atoms with Crippen molar-refractivity contribution >= 4 is 0 Å². The number of ether oxygens (including phenoxy) is 1. The summed E-state index contributed by atoms with van der Waals surface area (Å²) in [5.41, 5.74) is 0. The van der Waals surface area contributed by atoms with Gasteiger partial charge in [-0.25, -0.2) is 5.01 Å². The van der Waals surface area contributed by atoms with Crippen LogP contribution in [0.1, 0.15) is 19.3 Å². The first-order chi connectivity index (χ1) is 5.24. The lowest BCUT2D eigenvalue weighted by atomic mass is 10.1. The number of nitrogens with two attached hydrogens (primary N) is 1. The third-order valence-electron chi connectivity index (χ3n) is 1.98. The van der Waals surface area contributed by atoms with Gasteiger partial charge in [-0.3, -0.25) is 5.84 Å². The summed E-state index contributed by atoms with van der Waals surface area (Å²) in [5.74, 6) is 5.51. The zero-order valence-electron chi connectivity index (χ0n) is 6.86. The summed E-state index contributed by atoms with van der Waals surface area (Å²) in [7, 11) is 1.78. The lowest BCUT2D eigenvalue weighted by molar-refractivity contribution is -0.134. The average Bonchev–Trinajstić information content (AvgIpc) is 2.05. The first-order valence-corrected chi connectivity index (χ1v) is 3.98. The predicted octanol–water partition coefficient (Wildman–Crippen LogP) is -0.321. The molecule has 1 saturated heterocycles. The molecule has 4 nitrogen and oxygen atoms in total. The quantitative estimate of drug-likeness (QED) is 0.429. The van der Waals surface area contributed by atoms with Crippen molar-refractivity contribution in [1.29, 1.82) is 0 Å². The summed E-state index contributed by atoms with van der Waals surface area (Å²) in [5, 5.41) is 10.4. The number of aliphatic hydroxyl groups excluding tert-OH is 1. The first kappa shape index (κ1) is 8.93. The lowest BCUT2D eigenvalue weighted by Crippen LogP contribution is -2.44. The second-order valence-corrected chi connectivity index (χ2v) is 2.99. The molecule has 0 radical (unpaired) electrons. The van der Waals surface area contributed by atoms with E-state index in [-0.39, 0.29) is 18.9 Å². The van der Waals surface area contributed by atoms with Crippen LogP contribution in [-0.4, -0.2) is 36.1 Å². The molecule has 2 unspecified atom stereocenters. The highest BCUT2D eigenvalue weighted by molar-refractivity contribution is 4.67. The van der Waals surface area contributed by atoms with Crippen molar-refractivity contribution in [3.63, 3.8) is 0 Å². The van der Waals surface area contributed by atoms with E-state index in [0.29, 0.717) is 0 Å². The molecule has 1 rings (SSSR count). The Morgan fingerprint density at radius 3 is 2.91 bits per heavy atom. The highest BCUT2D eigenvalue weighted by Crippen LogP contribution is 2.18. The van der Waals surface area contributed by atoms with E-state index in [1.54, 1.807) is 12.1 Å². The minimum absolute atomic E-state index is 0.0131. The number of rotatable bonds is 2. The average molecular weight is 160 g/mol. The molecule has 1 aliphatic heterocycles. The molecule has 4 heteroatoms. The first-order valence-electron chi connectivity index (χ1n) is 3.98. The molecule has 2 atom stereocenters. The van der Waals surface area contributed by atoms with Crippen LogP contribution in [0.15, 0.2) is 0 Å². The fourth-order valence-corrected chi connectivity index (χ4v) is 1.31. The zero-order chi connectivity index (χ0) is 8.27. The fraction of sp³-hybridized carbons (Fsp3) is 1.00. The molecule has 0 aromatic carbocycles. The van der Waals surface area contributed by atoms with Gasteiger partial charge >= 0.3 is 0 Å². The van der Waals surface area contributed by atoms with E-state index in [2.05, 4.69) is 0 Å². The fourth-order valence-electron chi connectivity index (χ4n) is 1.31. The smallest absolute Gasteiger partial charge is 0.122 e. The molecule has 3 N–H and O–H groups in total. The highest BCUT2D eigenvalue weighted by atomic mass is 16.5. The van der Waals surface area contributed by atoms with Gasteiger partial charge in [0, 0.05) is 7.05 Å². The maximum absolute atomic E-state index is 8.81. The van der Waals surface area contributed by atoms with Crippen LogP contribution in [0.5, 0.6) is 0 Å². The molecule has 1 heterocycles. The van der Waals surface area contributed by atoms with E-state index in [1.807, 2.05) is 0 Å². The number of hydrogen-bond donors (Lipinski definition) is 2. The van der Waals surface area contributed by atoms with E-state index >= 15 is 0 Å². The maximum atomic E-state index is 8.81. The topological polar surface area (TPSA) is 58.7 Å². The van der Waals surface area contributed by atoms with Crippen LogP contribution in [0.25, 0.3) is 0 Å². The Hall–Kier alpha value is -0.160. The molecular formula is C7H16N2O2. The Kier molecular flexibility index (Phi) is 3.26. The third kappa shape index (κ3) is 2.41. The summed E-state index contributed by atoms with van der Waals surface area (Å²) in [6.45, 7) is 0.102. The molecule has 0 aliphatic carbocycles. The number of nitrogens with zero attached hydrogens (tertiary/aromatic N) is 1. The van der Waals surface area contributed by atoms with Crippen LogP contribution in [0.2, 0.25) is 0 Å². The van der Waals surface area contributed by atoms with Crippen molar-refractivity contribution in [2.45, 2.75) is 31.6 Å². The van der Waals surface area contributed by atoms with Crippen molar-refractivity contribution < 1.29 is 9.84 Å². The van der Waals surface area contributed by atoms with Gasteiger partial charge in [0.1, 0.15) is 6.23 Å². The van der Waals surface area contributed by atoms with Gasteiger partial charge in [-0.2, -0.15) is 0 Å². The van der Waals surface area contributed by atoms with E-state index in [0.717, 1.165) is 19.3 Å². The van der Waals surface area contributed by atoms with Crippen LogP contribution < -0.4 is 5.84 Å². The van der Waals surface area contributed by atoms with E-state index in [1.165, 1.54) is 0 Å². The molecule has 0 aromatic rings. The van der Waals surface area contributed by atoms with Gasteiger partial charge in [0.25, 0.3) is 0 Å². The number of hydrogen-bond acceptors (Lipinski definition) is 4. The van der Waals surface area contributed by atoms with Gasteiger partial charge in [0.15, 0.2) is 0 Å². The van der Waals surface area contributed by atoms with Gasteiger partial charge < -0.3 is 9.84 Å². The molecule has 11 heavy (non-hydrogen) atoms. The van der Waals surface area contributed by atoms with Crippen LogP contribution in [0, 0.1) is 0 Å². The van der Waals surface area contributed by atoms with Crippen LogP contribution in [0.4, 0.5) is 0 Å². The van der Waals surface area contributed by atoms with Gasteiger partial charge in [0.05, 0.1) is 12.7 Å². The Labute approximate surface area is 66.9 Å². The molecule has 0 bridgehead atoms. The number of aliphatic hydroxyl groups is 1. The van der Waals surface area contributed by atoms with Crippen molar-refractivity contribution in [3.8, 4) is 0 Å². The lowest BCUT2D eigenvalue weighted by Gasteiger charge is -2.32. The monoisotopic (exact) mass is 160 g/mol. The second kappa shape index (κ2) is 4.01. The molecular weight excluding hydrogens is 144 g/mol. The Balaban J connectivity index is 2.33. The summed E-state index contributed by atoms with van der Waals surface area (Å²) in [6, 6.07) is 0. The van der Waals surface area contributed by atoms with Crippen molar-refractivity contribution in [3.05, 3.63) is 0 Å². The molecule has 0 saturated carbocycles. The summed E-state index contributed by atoms with van der Waals surface area (Å²) >= 11 is 0. The van der Waals surface area contributed by atoms with Gasteiger partial charge in [-0.15, -0.1) is 0 Å². The molecule has 1 aliphatic rings. The molecule has 66 valence electrons. The van der Waals surface area contributed by atoms with Crippen molar-refractivity contribution in [1.82, 2.24) is 5.01 Å². The predicted molar refractivity (Wildman–Crippen MR) is 41.5 cm³/mol. The Bertz CT molecular complexity index is 119. The SMILES string of the molecule is CN(N)C1CCCC(CO)O1. The summed E-state index contributed by atoms with van der Waals surface area (Å²) < 4.78 is 5.45. The third-order valence-corrected chi connectivity index (χ3v) is 1.98. The zero-order valence-corrected chi connectivity index (χ0v) is 6.86. The standard InChI is InChI=1S/C7H16N2O2/c1-9(8)7-4-2-3-6(5-10)11-7/h6-7,10H,2-5,8H2,1H3. The summed E-state index contributed by atoms with van der Waals surface area (Å²) in [4.78, 5) is 0. The minimum atomic E-state index is -0.0141. The molecule has 0 amide bonds. The Morgan fingerprint density at radius 2 is 2.36 bits per heavy atom. The maximum Gasteiger partial charge on any atom is 0.122 e.